The average molecular weight is 192 g/mol. The Bertz CT molecular complexity index is 352. The Kier molecular flexibility index (Phi) is 2.37. The molecule has 0 spiro atoms. The Hall–Kier alpha value is -1.55. The van der Waals surface area contributed by atoms with Crippen molar-refractivity contribution < 1.29 is 9.63 Å². The lowest BCUT2D eigenvalue weighted by Crippen LogP contribution is -2.23. The highest BCUT2D eigenvalue weighted by molar-refractivity contribution is 5.76. The van der Waals surface area contributed by atoms with Crippen LogP contribution in [0.1, 0.15) is 12.0 Å². The summed E-state index contributed by atoms with van der Waals surface area (Å²) in [5.41, 5.74) is 7.36. The number of para-hydroxylation sites is 1. The lowest BCUT2D eigenvalue weighted by atomic mass is 10.2. The van der Waals surface area contributed by atoms with Crippen LogP contribution in [-0.2, 0) is 16.2 Å². The smallest absolute Gasteiger partial charge is 0.248 e. The van der Waals surface area contributed by atoms with Crippen LogP contribution in [-0.4, -0.2) is 17.6 Å². The molecular weight excluding hydrogens is 180 g/mol. The zero-order chi connectivity index (χ0) is 9.97. The van der Waals surface area contributed by atoms with E-state index >= 15 is 0 Å². The van der Waals surface area contributed by atoms with Crippen LogP contribution in [0.2, 0.25) is 0 Å². The number of nitrogens with zero attached hydrogens (tertiary/aromatic N) is 1. The van der Waals surface area contributed by atoms with Gasteiger partial charge in [-0.15, -0.1) is 0 Å². The standard InChI is InChI=1S/C10H12N2O2/c11-9-4-2-1-3-8(9)7-12-10(13)5-6-14-12/h1-4H,5-7,11H2. The van der Waals surface area contributed by atoms with Crippen LogP contribution in [0.25, 0.3) is 0 Å². The van der Waals surface area contributed by atoms with E-state index in [2.05, 4.69) is 0 Å². The summed E-state index contributed by atoms with van der Waals surface area (Å²) < 4.78 is 0. The Morgan fingerprint density at radius 2 is 2.21 bits per heavy atom. The summed E-state index contributed by atoms with van der Waals surface area (Å²) >= 11 is 0. The summed E-state index contributed by atoms with van der Waals surface area (Å²) in [6.07, 6.45) is 0.465. The molecule has 14 heavy (non-hydrogen) atoms. The number of rotatable bonds is 2. The van der Waals surface area contributed by atoms with Gasteiger partial charge in [-0.2, -0.15) is 0 Å². The van der Waals surface area contributed by atoms with Gasteiger partial charge in [0.25, 0.3) is 0 Å². The molecule has 1 amide bonds. The topological polar surface area (TPSA) is 55.6 Å². The number of hydrogen-bond acceptors (Lipinski definition) is 3. The molecule has 1 aromatic carbocycles. The van der Waals surface area contributed by atoms with Crippen LogP contribution < -0.4 is 5.73 Å². The van der Waals surface area contributed by atoms with E-state index in [0.717, 1.165) is 5.56 Å². The van der Waals surface area contributed by atoms with Crippen molar-refractivity contribution in [3.8, 4) is 0 Å². The Morgan fingerprint density at radius 3 is 2.86 bits per heavy atom. The number of nitrogen functional groups attached to an aromatic ring is 1. The summed E-state index contributed by atoms with van der Waals surface area (Å²) in [5, 5.41) is 1.37. The van der Waals surface area contributed by atoms with Gasteiger partial charge >= 0.3 is 0 Å². The van der Waals surface area contributed by atoms with Gasteiger partial charge in [-0.25, -0.2) is 5.06 Å². The van der Waals surface area contributed by atoms with Gasteiger partial charge in [0.05, 0.1) is 19.6 Å². The third-order valence-corrected chi connectivity index (χ3v) is 2.21. The van der Waals surface area contributed by atoms with Crippen molar-refractivity contribution in [3.63, 3.8) is 0 Å². The fraction of sp³-hybridized carbons (Fsp3) is 0.300. The van der Waals surface area contributed by atoms with Crippen LogP contribution in [0.3, 0.4) is 0 Å². The predicted octanol–water partition coefficient (Wildman–Crippen LogP) is 0.933. The fourth-order valence-corrected chi connectivity index (χ4v) is 1.41. The zero-order valence-corrected chi connectivity index (χ0v) is 7.77. The number of carbonyl (C=O) groups is 1. The van der Waals surface area contributed by atoms with Crippen LogP contribution >= 0.6 is 0 Å². The van der Waals surface area contributed by atoms with Gasteiger partial charge in [-0.3, -0.25) is 9.63 Å². The third-order valence-electron chi connectivity index (χ3n) is 2.21. The number of anilines is 1. The van der Waals surface area contributed by atoms with Crippen molar-refractivity contribution in [3.05, 3.63) is 29.8 Å². The number of benzene rings is 1. The van der Waals surface area contributed by atoms with Crippen LogP contribution in [0.15, 0.2) is 24.3 Å². The molecule has 0 aromatic heterocycles. The maximum Gasteiger partial charge on any atom is 0.248 e. The lowest BCUT2D eigenvalue weighted by Gasteiger charge is -2.14. The molecule has 74 valence electrons. The minimum Gasteiger partial charge on any atom is -0.398 e. The van der Waals surface area contributed by atoms with Crippen molar-refractivity contribution in [1.82, 2.24) is 5.06 Å². The number of amides is 1. The van der Waals surface area contributed by atoms with E-state index < -0.39 is 0 Å². The maximum atomic E-state index is 11.3. The quantitative estimate of drug-likeness (QED) is 0.709. The molecule has 1 saturated heterocycles. The van der Waals surface area contributed by atoms with Crippen molar-refractivity contribution in [2.75, 3.05) is 12.3 Å². The zero-order valence-electron chi connectivity index (χ0n) is 7.77. The molecule has 1 aliphatic heterocycles. The van der Waals surface area contributed by atoms with Gasteiger partial charge in [-0.1, -0.05) is 18.2 Å². The van der Waals surface area contributed by atoms with Crippen LogP contribution in [0.5, 0.6) is 0 Å². The molecule has 0 radical (unpaired) electrons. The van der Waals surface area contributed by atoms with Crippen molar-refractivity contribution in [2.24, 2.45) is 0 Å². The third kappa shape index (κ3) is 1.70. The first-order chi connectivity index (χ1) is 6.77. The van der Waals surface area contributed by atoms with Crippen LogP contribution in [0, 0.1) is 0 Å². The van der Waals surface area contributed by atoms with Gasteiger partial charge in [-0.05, 0) is 11.6 Å². The number of hydroxylamine groups is 2. The molecule has 0 unspecified atom stereocenters. The van der Waals surface area contributed by atoms with E-state index in [1.165, 1.54) is 5.06 Å². The minimum atomic E-state index is 0.0215. The Labute approximate surface area is 82.2 Å². The SMILES string of the molecule is Nc1ccccc1CN1OCCC1=O. The fourth-order valence-electron chi connectivity index (χ4n) is 1.41. The van der Waals surface area contributed by atoms with Crippen molar-refractivity contribution in [1.29, 1.82) is 0 Å². The first-order valence-electron chi connectivity index (χ1n) is 4.54. The summed E-state index contributed by atoms with van der Waals surface area (Å²) in [4.78, 5) is 16.4. The van der Waals surface area contributed by atoms with E-state index in [1.54, 1.807) is 0 Å². The number of carbonyl (C=O) groups excluding carboxylic acids is 1. The summed E-state index contributed by atoms with van der Waals surface area (Å²) in [6.45, 7) is 0.914. The lowest BCUT2D eigenvalue weighted by molar-refractivity contribution is -0.164. The van der Waals surface area contributed by atoms with Gasteiger partial charge in [0.2, 0.25) is 5.91 Å². The monoisotopic (exact) mass is 192 g/mol. The molecule has 2 rings (SSSR count). The van der Waals surface area contributed by atoms with E-state index in [0.29, 0.717) is 25.3 Å². The number of nitrogens with two attached hydrogens (primary N) is 1. The Morgan fingerprint density at radius 1 is 1.43 bits per heavy atom. The second-order valence-electron chi connectivity index (χ2n) is 3.21. The predicted molar refractivity (Wildman–Crippen MR) is 52.0 cm³/mol. The molecule has 1 aliphatic rings. The molecule has 1 aromatic rings. The van der Waals surface area contributed by atoms with E-state index in [9.17, 15) is 4.79 Å². The molecule has 1 heterocycles. The van der Waals surface area contributed by atoms with Gasteiger partial charge in [0.15, 0.2) is 0 Å². The second kappa shape index (κ2) is 3.67. The normalized spacial score (nSPS) is 16.3. The molecule has 4 nitrogen and oxygen atoms in total. The molecule has 0 bridgehead atoms. The Balaban J connectivity index is 2.10. The highest BCUT2D eigenvalue weighted by atomic mass is 16.7. The highest BCUT2D eigenvalue weighted by Crippen LogP contribution is 2.16. The summed E-state index contributed by atoms with van der Waals surface area (Å²) in [5.74, 6) is 0.0215. The molecule has 4 heteroatoms. The average Bonchev–Trinajstić information content (AvgIpc) is 2.56. The first kappa shape index (κ1) is 9.02. The van der Waals surface area contributed by atoms with E-state index in [-0.39, 0.29) is 5.91 Å². The minimum absolute atomic E-state index is 0.0215. The van der Waals surface area contributed by atoms with E-state index in [4.69, 9.17) is 10.6 Å². The number of hydrogen-bond donors (Lipinski definition) is 1. The first-order valence-corrected chi connectivity index (χ1v) is 4.54. The highest BCUT2D eigenvalue weighted by Gasteiger charge is 2.21. The summed E-state index contributed by atoms with van der Waals surface area (Å²) in [7, 11) is 0. The molecular formula is C10H12N2O2. The van der Waals surface area contributed by atoms with Crippen molar-refractivity contribution in [2.45, 2.75) is 13.0 Å². The van der Waals surface area contributed by atoms with E-state index in [1.807, 2.05) is 24.3 Å². The van der Waals surface area contributed by atoms with Gasteiger partial charge in [0, 0.05) is 5.69 Å². The summed E-state index contributed by atoms with van der Waals surface area (Å²) in [6, 6.07) is 7.47. The van der Waals surface area contributed by atoms with Gasteiger partial charge in [0.1, 0.15) is 0 Å². The molecule has 0 atom stereocenters. The second-order valence-corrected chi connectivity index (χ2v) is 3.21. The van der Waals surface area contributed by atoms with Gasteiger partial charge < -0.3 is 5.73 Å². The largest absolute Gasteiger partial charge is 0.398 e. The molecule has 1 fully saturated rings. The molecule has 0 aliphatic carbocycles. The maximum absolute atomic E-state index is 11.3. The molecule has 0 saturated carbocycles. The molecule has 2 N–H and O–H groups in total. The van der Waals surface area contributed by atoms with Crippen LogP contribution in [0.4, 0.5) is 5.69 Å². The van der Waals surface area contributed by atoms with Crippen molar-refractivity contribution >= 4 is 11.6 Å².